The number of carbonyl (C=O) groups excluding carboxylic acids is 1. The molecule has 0 aliphatic carbocycles. The van der Waals surface area contributed by atoms with Gasteiger partial charge >= 0.3 is 0 Å². The molecule has 0 unspecified atom stereocenters. The molecule has 0 fully saturated rings. The van der Waals surface area contributed by atoms with Gasteiger partial charge in [0.15, 0.2) is 5.16 Å². The monoisotopic (exact) mass is 424 g/mol. The molecule has 1 amide bonds. The molecule has 0 saturated heterocycles. The highest BCUT2D eigenvalue weighted by Crippen LogP contribution is 2.23. The lowest BCUT2D eigenvalue weighted by molar-refractivity contribution is 0.0937. The molecule has 154 valence electrons. The average Bonchev–Trinajstić information content (AvgIpc) is 2.77. The van der Waals surface area contributed by atoms with Crippen molar-refractivity contribution in [3.05, 3.63) is 58.4 Å². The zero-order chi connectivity index (χ0) is 21.5. The number of hydrogen-bond donors (Lipinski definition) is 1. The van der Waals surface area contributed by atoms with Gasteiger partial charge in [-0.1, -0.05) is 17.8 Å². The van der Waals surface area contributed by atoms with Crippen LogP contribution < -0.4 is 15.6 Å². The van der Waals surface area contributed by atoms with Crippen LogP contribution in [0.4, 0.5) is 0 Å². The Hall–Kier alpha value is -3.35. The predicted octanol–water partition coefficient (Wildman–Crippen LogP) is 2.39. The van der Waals surface area contributed by atoms with Crippen LogP contribution in [0.5, 0.6) is 5.75 Å². The van der Waals surface area contributed by atoms with Crippen LogP contribution in [-0.2, 0) is 4.74 Å². The summed E-state index contributed by atoms with van der Waals surface area (Å²) in [5.74, 6) is 0.441. The molecule has 0 spiro atoms. The molecule has 0 radical (unpaired) electrons. The summed E-state index contributed by atoms with van der Waals surface area (Å²) in [7, 11) is 3.10. The lowest BCUT2D eigenvalue weighted by Crippen LogP contribution is -2.27. The van der Waals surface area contributed by atoms with Gasteiger partial charge in [0, 0.05) is 25.3 Å². The zero-order valence-corrected chi connectivity index (χ0v) is 17.4. The first-order valence-corrected chi connectivity index (χ1v) is 10.1. The molecule has 0 aliphatic heterocycles. The molecule has 3 rings (SSSR count). The highest BCUT2D eigenvalue weighted by atomic mass is 32.2. The number of amides is 1. The van der Waals surface area contributed by atoms with E-state index in [1.54, 1.807) is 56.7 Å². The van der Waals surface area contributed by atoms with Gasteiger partial charge in [-0.05, 0) is 30.3 Å². The van der Waals surface area contributed by atoms with E-state index in [2.05, 4.69) is 16.4 Å². The maximum absolute atomic E-state index is 13.3. The lowest BCUT2D eigenvalue weighted by Gasteiger charge is -2.13. The number of ether oxygens (including phenoxy) is 2. The molecule has 0 saturated carbocycles. The summed E-state index contributed by atoms with van der Waals surface area (Å²) in [6.07, 6.45) is 0. The van der Waals surface area contributed by atoms with Crippen molar-refractivity contribution in [3.8, 4) is 17.5 Å². The molecule has 1 aromatic heterocycles. The summed E-state index contributed by atoms with van der Waals surface area (Å²) < 4.78 is 11.6. The number of nitrogens with zero attached hydrogens (tertiary/aromatic N) is 3. The molecule has 30 heavy (non-hydrogen) atoms. The van der Waals surface area contributed by atoms with Gasteiger partial charge in [0.1, 0.15) is 5.75 Å². The van der Waals surface area contributed by atoms with Crippen LogP contribution in [0.1, 0.15) is 10.4 Å². The smallest absolute Gasteiger partial charge is 0.266 e. The number of benzene rings is 2. The Kier molecular flexibility index (Phi) is 7.06. The van der Waals surface area contributed by atoms with E-state index in [0.717, 1.165) is 11.8 Å². The number of nitriles is 1. The normalized spacial score (nSPS) is 10.6. The molecule has 0 bridgehead atoms. The summed E-state index contributed by atoms with van der Waals surface area (Å²) in [6, 6.07) is 13.8. The summed E-state index contributed by atoms with van der Waals surface area (Å²) in [6.45, 7) is 0.777. The minimum atomic E-state index is -0.292. The molecule has 8 nitrogen and oxygen atoms in total. The third kappa shape index (κ3) is 4.62. The van der Waals surface area contributed by atoms with E-state index in [9.17, 15) is 9.59 Å². The van der Waals surface area contributed by atoms with E-state index in [-0.39, 0.29) is 17.2 Å². The third-order valence-corrected chi connectivity index (χ3v) is 5.08. The number of aromatic nitrogens is 2. The topological polar surface area (TPSA) is 106 Å². The predicted molar refractivity (Wildman–Crippen MR) is 114 cm³/mol. The maximum Gasteiger partial charge on any atom is 0.266 e. The minimum absolute atomic E-state index is 0.124. The fourth-order valence-electron chi connectivity index (χ4n) is 2.85. The fraction of sp³-hybridized carbons (Fsp3) is 0.238. The van der Waals surface area contributed by atoms with Crippen molar-refractivity contribution in [2.45, 2.75) is 5.16 Å². The molecular weight excluding hydrogens is 404 g/mol. The van der Waals surface area contributed by atoms with E-state index in [1.807, 2.05) is 0 Å². The Morgan fingerprint density at radius 2 is 2.10 bits per heavy atom. The van der Waals surface area contributed by atoms with E-state index in [4.69, 9.17) is 14.7 Å². The number of methoxy groups -OCH3 is 2. The second kappa shape index (κ2) is 9.91. The van der Waals surface area contributed by atoms with Crippen molar-refractivity contribution in [1.82, 2.24) is 14.9 Å². The van der Waals surface area contributed by atoms with Gasteiger partial charge in [0.05, 0.1) is 42.1 Å². The number of thioether (sulfide) groups is 1. The molecular formula is C21H20N4O4S. The van der Waals surface area contributed by atoms with Gasteiger partial charge in [-0.2, -0.15) is 5.26 Å². The summed E-state index contributed by atoms with van der Waals surface area (Å²) in [5, 5.41) is 12.5. The number of carbonyl (C=O) groups is 1. The number of fused-ring (bicyclic) bond motifs is 1. The van der Waals surface area contributed by atoms with Gasteiger partial charge in [0.2, 0.25) is 0 Å². The Labute approximate surface area is 177 Å². The standard InChI is InChI=1S/C21H20N4O4S/c1-28-10-9-23-19(26)14-6-7-17-18(12-14)24-21(30-11-8-22)25(20(17)27)15-4-3-5-16(13-15)29-2/h3-7,12-13H,9-11H2,1-2H3,(H,23,26). The van der Waals surface area contributed by atoms with E-state index in [1.165, 1.54) is 4.57 Å². The molecule has 0 atom stereocenters. The summed E-state index contributed by atoms with van der Waals surface area (Å²) in [5.41, 5.74) is 1.07. The summed E-state index contributed by atoms with van der Waals surface area (Å²) >= 11 is 1.15. The first kappa shape index (κ1) is 21.4. The van der Waals surface area contributed by atoms with E-state index < -0.39 is 0 Å². The minimum Gasteiger partial charge on any atom is -0.497 e. The van der Waals surface area contributed by atoms with Crippen LogP contribution >= 0.6 is 11.8 Å². The molecule has 1 N–H and O–H groups in total. The molecule has 1 heterocycles. The van der Waals surface area contributed by atoms with Gasteiger partial charge in [-0.3, -0.25) is 14.2 Å². The second-order valence-corrected chi connectivity index (χ2v) is 7.11. The SMILES string of the molecule is COCCNC(=O)c1ccc2c(=O)n(-c3cccc(OC)c3)c(SCC#N)nc2c1. The fourth-order valence-corrected chi connectivity index (χ4v) is 3.52. The largest absolute Gasteiger partial charge is 0.497 e. The summed E-state index contributed by atoms with van der Waals surface area (Å²) in [4.78, 5) is 30.2. The highest BCUT2D eigenvalue weighted by Gasteiger charge is 2.16. The van der Waals surface area contributed by atoms with Crippen LogP contribution in [0.15, 0.2) is 52.4 Å². The van der Waals surface area contributed by atoms with Crippen molar-refractivity contribution in [1.29, 1.82) is 5.26 Å². The van der Waals surface area contributed by atoms with Crippen molar-refractivity contribution in [3.63, 3.8) is 0 Å². The zero-order valence-electron chi connectivity index (χ0n) is 16.5. The molecule has 9 heteroatoms. The second-order valence-electron chi connectivity index (χ2n) is 6.16. The Morgan fingerprint density at radius 3 is 2.83 bits per heavy atom. The van der Waals surface area contributed by atoms with Crippen molar-refractivity contribution >= 4 is 28.6 Å². The van der Waals surface area contributed by atoms with Crippen molar-refractivity contribution in [2.24, 2.45) is 0 Å². The Bertz CT molecular complexity index is 1170. The Morgan fingerprint density at radius 1 is 1.27 bits per heavy atom. The van der Waals surface area contributed by atoms with Crippen molar-refractivity contribution in [2.75, 3.05) is 33.1 Å². The first-order chi connectivity index (χ1) is 14.6. The molecule has 2 aromatic carbocycles. The van der Waals surface area contributed by atoms with Crippen LogP contribution in [0.3, 0.4) is 0 Å². The van der Waals surface area contributed by atoms with E-state index >= 15 is 0 Å². The number of nitrogens with one attached hydrogen (secondary N) is 1. The Balaban J connectivity index is 2.11. The molecule has 0 aliphatic rings. The highest BCUT2D eigenvalue weighted by molar-refractivity contribution is 7.99. The molecule has 3 aromatic rings. The van der Waals surface area contributed by atoms with Crippen LogP contribution in [0.2, 0.25) is 0 Å². The maximum atomic E-state index is 13.3. The number of rotatable bonds is 8. The van der Waals surface area contributed by atoms with Gasteiger partial charge in [0.25, 0.3) is 11.5 Å². The van der Waals surface area contributed by atoms with Crippen LogP contribution in [0.25, 0.3) is 16.6 Å². The van der Waals surface area contributed by atoms with Gasteiger partial charge in [-0.25, -0.2) is 4.98 Å². The average molecular weight is 424 g/mol. The lowest BCUT2D eigenvalue weighted by atomic mass is 10.1. The van der Waals surface area contributed by atoms with Crippen molar-refractivity contribution < 1.29 is 14.3 Å². The van der Waals surface area contributed by atoms with Crippen LogP contribution in [-0.4, -0.2) is 48.6 Å². The van der Waals surface area contributed by atoms with E-state index in [0.29, 0.717) is 46.2 Å². The quantitative estimate of drug-likeness (QED) is 0.336. The number of hydrogen-bond acceptors (Lipinski definition) is 7. The van der Waals surface area contributed by atoms with Crippen LogP contribution in [0, 0.1) is 11.3 Å². The van der Waals surface area contributed by atoms with Gasteiger partial charge in [-0.15, -0.1) is 0 Å². The first-order valence-electron chi connectivity index (χ1n) is 9.07. The third-order valence-electron chi connectivity index (χ3n) is 4.27. The van der Waals surface area contributed by atoms with Gasteiger partial charge < -0.3 is 14.8 Å².